The fourth-order valence-electron chi connectivity index (χ4n) is 3.28. The molecule has 202 valence electrons. The van der Waals surface area contributed by atoms with Crippen molar-refractivity contribution in [2.75, 3.05) is 17.7 Å². The largest absolute Gasteiger partial charge is 0.477 e. The maximum Gasteiger partial charge on any atom is 0.352 e. The lowest BCUT2D eigenvalue weighted by molar-refractivity contribution is -0.150. The highest BCUT2D eigenvalue weighted by Crippen LogP contribution is 2.40. The number of nitrogens with zero attached hydrogens (tertiary/aromatic N) is 3. The Labute approximate surface area is 228 Å². The quantitative estimate of drug-likeness (QED) is 0.0457. The molecule has 2 atom stereocenters. The van der Waals surface area contributed by atoms with E-state index in [0.717, 1.165) is 23.2 Å². The van der Waals surface area contributed by atoms with Gasteiger partial charge in [0.05, 0.1) is 17.2 Å². The first-order chi connectivity index (χ1) is 17.9. The highest BCUT2D eigenvalue weighted by molar-refractivity contribution is 8.00. The van der Waals surface area contributed by atoms with E-state index in [1.165, 1.54) is 24.1 Å². The van der Waals surface area contributed by atoms with Gasteiger partial charge in [-0.05, 0) is 0 Å². The predicted octanol–water partition coefficient (Wildman–Crippen LogP) is -0.223. The number of carbonyl (C=O) groups excluding carboxylic acids is 4. The molecule has 0 bridgehead atoms. The third kappa shape index (κ3) is 6.69. The molecule has 18 heteroatoms. The van der Waals surface area contributed by atoms with Gasteiger partial charge in [0.1, 0.15) is 29.4 Å². The summed E-state index contributed by atoms with van der Waals surface area (Å²) in [6.45, 7) is 1.97. The molecule has 3 rings (SSSR count). The molecule has 2 amide bonds. The van der Waals surface area contributed by atoms with Gasteiger partial charge in [-0.15, -0.1) is 23.1 Å². The molecular weight excluding hydrogens is 562 g/mol. The number of nitrogens with one attached hydrogen (secondary N) is 3. The number of thiocarbonyl (C=S) groups is 1. The summed E-state index contributed by atoms with van der Waals surface area (Å²) in [5.41, 5.74) is 4.84. The summed E-state index contributed by atoms with van der Waals surface area (Å²) in [4.78, 5) is 70.3. The van der Waals surface area contributed by atoms with Crippen LogP contribution in [0.25, 0.3) is 0 Å². The highest BCUT2D eigenvalue weighted by Gasteiger charge is 2.54. The summed E-state index contributed by atoms with van der Waals surface area (Å²) in [5.74, 6) is -4.40. The number of oxime groups is 1. The number of carboxylic acid groups (broad SMARTS) is 1. The number of amidine groups is 1. The van der Waals surface area contributed by atoms with Crippen LogP contribution in [0.4, 0.5) is 5.13 Å². The van der Waals surface area contributed by atoms with E-state index in [1.54, 1.807) is 0 Å². The number of rotatable bonds is 10. The molecule has 38 heavy (non-hydrogen) atoms. The SMILES string of the molecule is CC(=O)OCC1=C(C(=O)O)N2C(=O)C(NC(=O)/C(=N/OC(C)=O)c3csc(NC(=S)CC(=N)N)n3)[C@H]2SC1. The summed E-state index contributed by atoms with van der Waals surface area (Å²) in [6.07, 6.45) is -0.00611. The van der Waals surface area contributed by atoms with Crippen molar-refractivity contribution < 1.29 is 38.7 Å². The minimum Gasteiger partial charge on any atom is -0.477 e. The molecule has 15 nitrogen and oxygen atoms in total. The number of hydrogen-bond donors (Lipinski definition) is 5. The zero-order valence-corrected chi connectivity index (χ0v) is 22.3. The van der Waals surface area contributed by atoms with Crippen LogP contribution in [0.5, 0.6) is 0 Å². The van der Waals surface area contributed by atoms with Crippen LogP contribution in [-0.4, -0.2) is 85.0 Å². The molecule has 2 aliphatic rings. The van der Waals surface area contributed by atoms with Crippen molar-refractivity contribution in [2.24, 2.45) is 10.9 Å². The number of carbonyl (C=O) groups is 5. The van der Waals surface area contributed by atoms with Gasteiger partial charge >= 0.3 is 17.9 Å². The van der Waals surface area contributed by atoms with Gasteiger partial charge in [0.2, 0.25) is 0 Å². The lowest BCUT2D eigenvalue weighted by Crippen LogP contribution is -2.71. The van der Waals surface area contributed by atoms with Gasteiger partial charge in [0.15, 0.2) is 10.8 Å². The van der Waals surface area contributed by atoms with E-state index in [9.17, 15) is 29.1 Å². The van der Waals surface area contributed by atoms with Crippen molar-refractivity contribution in [3.05, 3.63) is 22.3 Å². The number of β-lactam (4-membered cyclic amide) rings is 1. The predicted molar refractivity (Wildman–Crippen MR) is 139 cm³/mol. The Balaban J connectivity index is 1.78. The molecule has 6 N–H and O–H groups in total. The number of thioether (sulfide) groups is 1. The van der Waals surface area contributed by atoms with Crippen LogP contribution in [0.3, 0.4) is 0 Å². The Morgan fingerprint density at radius 2 is 2.05 bits per heavy atom. The van der Waals surface area contributed by atoms with E-state index in [4.69, 9.17) is 28.1 Å². The molecule has 0 spiro atoms. The lowest BCUT2D eigenvalue weighted by atomic mass is 10.0. The molecule has 1 fully saturated rings. The van der Waals surface area contributed by atoms with Crippen LogP contribution < -0.4 is 16.4 Å². The normalized spacial score (nSPS) is 18.6. The van der Waals surface area contributed by atoms with Crippen LogP contribution >= 0.6 is 35.3 Å². The van der Waals surface area contributed by atoms with E-state index in [1.807, 2.05) is 0 Å². The van der Waals surface area contributed by atoms with Crippen LogP contribution in [-0.2, 0) is 33.5 Å². The van der Waals surface area contributed by atoms with Crippen molar-refractivity contribution in [1.29, 1.82) is 5.41 Å². The minimum absolute atomic E-state index is 0.00316. The van der Waals surface area contributed by atoms with Crippen LogP contribution in [0.1, 0.15) is 26.0 Å². The maximum absolute atomic E-state index is 13.1. The summed E-state index contributed by atoms with van der Waals surface area (Å²) in [7, 11) is 0. The van der Waals surface area contributed by atoms with E-state index >= 15 is 0 Å². The molecule has 0 aliphatic carbocycles. The molecule has 1 unspecified atom stereocenters. The van der Waals surface area contributed by atoms with E-state index < -0.39 is 46.8 Å². The first-order valence-corrected chi connectivity index (χ1v) is 12.9. The van der Waals surface area contributed by atoms with Gasteiger partial charge in [-0.25, -0.2) is 14.6 Å². The van der Waals surface area contributed by atoms with Gasteiger partial charge < -0.3 is 31.0 Å². The molecule has 1 aromatic rings. The number of thiazole rings is 1. The van der Waals surface area contributed by atoms with Gasteiger partial charge in [0.25, 0.3) is 11.8 Å². The Bertz CT molecular complexity index is 1290. The lowest BCUT2D eigenvalue weighted by Gasteiger charge is -2.49. The van der Waals surface area contributed by atoms with Gasteiger partial charge in [0, 0.05) is 30.6 Å². The van der Waals surface area contributed by atoms with Gasteiger partial charge in [-0.3, -0.25) is 24.7 Å². The molecular formula is C20H21N7O8S3. The highest BCUT2D eigenvalue weighted by atomic mass is 32.2. The van der Waals surface area contributed by atoms with Crippen LogP contribution in [0, 0.1) is 5.41 Å². The van der Waals surface area contributed by atoms with Crippen molar-refractivity contribution in [2.45, 2.75) is 31.7 Å². The topological polar surface area (TPSA) is 226 Å². The number of aromatic nitrogens is 1. The Morgan fingerprint density at radius 1 is 1.34 bits per heavy atom. The Kier molecular flexibility index (Phi) is 9.13. The maximum atomic E-state index is 13.1. The Morgan fingerprint density at radius 3 is 2.66 bits per heavy atom. The molecule has 0 saturated carbocycles. The fraction of sp³-hybridized carbons (Fsp3) is 0.350. The van der Waals surface area contributed by atoms with Crippen LogP contribution in [0.15, 0.2) is 21.8 Å². The summed E-state index contributed by atoms with van der Waals surface area (Å²) in [6, 6.07) is -1.11. The number of fused-ring (bicyclic) bond motifs is 1. The average Bonchev–Trinajstić information content (AvgIpc) is 3.27. The molecule has 0 radical (unpaired) electrons. The van der Waals surface area contributed by atoms with Gasteiger partial charge in [-0.1, -0.05) is 17.4 Å². The summed E-state index contributed by atoms with van der Waals surface area (Å²) in [5, 5.41) is 26.7. The monoisotopic (exact) mass is 583 g/mol. The molecule has 0 aromatic carbocycles. The number of ether oxygens (including phenoxy) is 1. The third-order valence-electron chi connectivity index (χ3n) is 4.81. The second-order valence-electron chi connectivity index (χ2n) is 7.71. The van der Waals surface area contributed by atoms with E-state index in [-0.39, 0.29) is 51.7 Å². The molecule has 2 aliphatic heterocycles. The van der Waals surface area contributed by atoms with Crippen molar-refractivity contribution in [1.82, 2.24) is 15.2 Å². The molecule has 3 heterocycles. The smallest absolute Gasteiger partial charge is 0.352 e. The molecule has 1 aromatic heterocycles. The summed E-state index contributed by atoms with van der Waals surface area (Å²) >= 11 is 7.30. The minimum atomic E-state index is -1.38. The first-order valence-electron chi connectivity index (χ1n) is 10.6. The van der Waals surface area contributed by atoms with Crippen molar-refractivity contribution in [3.63, 3.8) is 0 Å². The number of esters is 1. The van der Waals surface area contributed by atoms with E-state index in [2.05, 4.69) is 25.6 Å². The fourth-order valence-corrected chi connectivity index (χ4v) is 5.65. The third-order valence-corrected chi connectivity index (χ3v) is 7.15. The zero-order valence-electron chi connectivity index (χ0n) is 19.8. The van der Waals surface area contributed by atoms with Crippen LogP contribution in [0.2, 0.25) is 0 Å². The number of nitrogens with two attached hydrogens (primary N) is 1. The average molecular weight is 584 g/mol. The van der Waals surface area contributed by atoms with Gasteiger partial charge in [-0.2, -0.15) is 0 Å². The number of amides is 2. The van der Waals surface area contributed by atoms with Crippen molar-refractivity contribution in [3.8, 4) is 0 Å². The first kappa shape index (κ1) is 28.7. The second-order valence-corrected chi connectivity index (χ2v) is 10.2. The Hall–Kier alpha value is -3.90. The van der Waals surface area contributed by atoms with E-state index in [0.29, 0.717) is 0 Å². The second kappa shape index (κ2) is 12.1. The number of anilines is 1. The standard InChI is InChI=1S/C20H21N7O8S3/c1-7(28)34-4-9-5-37-18-14(17(31)27(18)15(9)19(32)33)25-16(30)13(26-35-8(2)29)10-6-38-20(23-10)24-12(36)3-11(21)22/h6,14,18H,3-5H2,1-2H3,(H3,21,22)(H,25,30)(H,32,33)(H,23,24,36)/b26-13+/t14?,18-/m1/s1. The summed E-state index contributed by atoms with van der Waals surface area (Å²) < 4.78 is 4.89. The molecule has 1 saturated heterocycles. The number of carboxylic acids is 1. The number of hydrogen-bond acceptors (Lipinski definition) is 13. The number of aliphatic carboxylic acids is 1. The van der Waals surface area contributed by atoms with Crippen molar-refractivity contribution >= 4 is 86.7 Å². The zero-order chi connectivity index (χ0) is 28.1.